The summed E-state index contributed by atoms with van der Waals surface area (Å²) in [5, 5.41) is 3.39. The Balaban J connectivity index is 1.61. The lowest BCUT2D eigenvalue weighted by Gasteiger charge is -2.22. The zero-order chi connectivity index (χ0) is 13.3. The van der Waals surface area contributed by atoms with Crippen molar-refractivity contribution >= 4 is 6.09 Å². The van der Waals surface area contributed by atoms with Crippen LogP contribution in [0, 0.1) is 12.3 Å². The van der Waals surface area contributed by atoms with Crippen molar-refractivity contribution in [1.82, 2.24) is 10.2 Å². The molecule has 1 unspecified atom stereocenters. The van der Waals surface area contributed by atoms with Gasteiger partial charge in [-0.2, -0.15) is 0 Å². The second kappa shape index (κ2) is 4.85. The normalized spacial score (nSPS) is 26.1. The Hall–Kier alpha value is -1.55. The van der Waals surface area contributed by atoms with Gasteiger partial charge in [-0.25, -0.2) is 4.79 Å². The third-order valence-corrected chi connectivity index (χ3v) is 4.25. The minimum Gasteiger partial charge on any atom is -0.410 e. The van der Waals surface area contributed by atoms with Gasteiger partial charge in [0.05, 0.1) is 0 Å². The van der Waals surface area contributed by atoms with Gasteiger partial charge in [-0.1, -0.05) is 17.7 Å². The average molecular weight is 260 g/mol. The van der Waals surface area contributed by atoms with Crippen molar-refractivity contribution < 1.29 is 9.53 Å². The van der Waals surface area contributed by atoms with Gasteiger partial charge in [-0.15, -0.1) is 0 Å². The van der Waals surface area contributed by atoms with Crippen molar-refractivity contribution in [3.63, 3.8) is 0 Å². The maximum atomic E-state index is 12.1. The second-order valence-electron chi connectivity index (χ2n) is 5.78. The number of carbonyl (C=O) groups is 1. The van der Waals surface area contributed by atoms with Crippen LogP contribution in [-0.4, -0.2) is 37.2 Å². The van der Waals surface area contributed by atoms with Gasteiger partial charge in [-0.3, -0.25) is 0 Å². The Labute approximate surface area is 113 Å². The number of ether oxygens (including phenoxy) is 1. The molecule has 0 radical (unpaired) electrons. The number of rotatable bonds is 1. The smallest absolute Gasteiger partial charge is 0.410 e. The lowest BCUT2D eigenvalue weighted by molar-refractivity contribution is 0.157. The molecule has 1 spiro atoms. The number of aryl methyl sites for hydroxylation is 1. The van der Waals surface area contributed by atoms with Crippen LogP contribution in [0.3, 0.4) is 0 Å². The van der Waals surface area contributed by atoms with Crippen molar-refractivity contribution in [3.8, 4) is 5.75 Å². The van der Waals surface area contributed by atoms with Crippen molar-refractivity contribution in [2.45, 2.75) is 19.8 Å². The molecule has 19 heavy (non-hydrogen) atoms. The van der Waals surface area contributed by atoms with Crippen LogP contribution in [0.1, 0.15) is 18.4 Å². The molecule has 2 aliphatic rings. The largest absolute Gasteiger partial charge is 0.415 e. The molecule has 2 saturated heterocycles. The van der Waals surface area contributed by atoms with E-state index in [1.54, 1.807) is 0 Å². The van der Waals surface area contributed by atoms with E-state index < -0.39 is 0 Å². The third kappa shape index (κ3) is 2.59. The lowest BCUT2D eigenvalue weighted by atomic mass is 9.87. The molecule has 0 aliphatic carbocycles. The van der Waals surface area contributed by atoms with Crippen LogP contribution >= 0.6 is 0 Å². The molecule has 1 aromatic carbocycles. The molecular weight excluding hydrogens is 240 g/mol. The highest BCUT2D eigenvalue weighted by molar-refractivity contribution is 5.71. The van der Waals surface area contributed by atoms with Crippen LogP contribution < -0.4 is 10.1 Å². The topological polar surface area (TPSA) is 41.6 Å². The van der Waals surface area contributed by atoms with Gasteiger partial charge in [0.15, 0.2) is 0 Å². The predicted octanol–water partition coefficient (Wildman–Crippen LogP) is 2.18. The van der Waals surface area contributed by atoms with Crippen LogP contribution in [0.25, 0.3) is 0 Å². The zero-order valence-corrected chi connectivity index (χ0v) is 11.3. The molecule has 102 valence electrons. The highest BCUT2D eigenvalue weighted by atomic mass is 16.6. The molecule has 4 nitrogen and oxygen atoms in total. The average Bonchev–Trinajstić information content (AvgIpc) is 3.03. The molecule has 4 heteroatoms. The summed E-state index contributed by atoms with van der Waals surface area (Å²) in [6, 6.07) is 7.59. The first-order valence-electron chi connectivity index (χ1n) is 6.91. The molecule has 1 amide bonds. The summed E-state index contributed by atoms with van der Waals surface area (Å²) in [6.07, 6.45) is 2.04. The quantitative estimate of drug-likeness (QED) is 0.841. The van der Waals surface area contributed by atoms with E-state index in [-0.39, 0.29) is 6.09 Å². The number of carbonyl (C=O) groups excluding carboxylic acids is 1. The summed E-state index contributed by atoms with van der Waals surface area (Å²) in [4.78, 5) is 14.0. The summed E-state index contributed by atoms with van der Waals surface area (Å²) in [5.74, 6) is 0.626. The van der Waals surface area contributed by atoms with Crippen molar-refractivity contribution in [2.24, 2.45) is 5.41 Å². The Morgan fingerprint density at radius 1 is 1.32 bits per heavy atom. The fourth-order valence-corrected chi connectivity index (χ4v) is 3.01. The van der Waals surface area contributed by atoms with Crippen molar-refractivity contribution in [3.05, 3.63) is 29.8 Å². The highest BCUT2D eigenvalue weighted by Gasteiger charge is 2.42. The van der Waals surface area contributed by atoms with E-state index in [1.807, 2.05) is 36.1 Å². The standard InChI is InChI=1S/C15H20N2O2/c1-12-2-4-13(5-3-12)19-14(18)17-9-7-15(11-17)6-8-16-10-15/h2-5,16H,6-11H2,1H3. The van der Waals surface area contributed by atoms with E-state index in [1.165, 1.54) is 6.42 Å². The maximum Gasteiger partial charge on any atom is 0.415 e. The first-order valence-corrected chi connectivity index (χ1v) is 6.91. The van der Waals surface area contributed by atoms with Gasteiger partial charge in [-0.05, 0) is 38.4 Å². The number of hydrogen-bond acceptors (Lipinski definition) is 3. The number of nitrogens with zero attached hydrogens (tertiary/aromatic N) is 1. The minimum atomic E-state index is -0.215. The molecule has 1 aromatic rings. The van der Waals surface area contributed by atoms with Gasteiger partial charge in [0.1, 0.15) is 5.75 Å². The Bertz CT molecular complexity index is 464. The Morgan fingerprint density at radius 3 is 2.79 bits per heavy atom. The highest BCUT2D eigenvalue weighted by Crippen LogP contribution is 2.36. The number of likely N-dealkylation sites (tertiary alicyclic amines) is 1. The van der Waals surface area contributed by atoms with Gasteiger partial charge in [0, 0.05) is 25.0 Å². The molecule has 0 bridgehead atoms. The molecule has 0 saturated carbocycles. The molecule has 0 aromatic heterocycles. The summed E-state index contributed by atoms with van der Waals surface area (Å²) in [7, 11) is 0. The predicted molar refractivity (Wildman–Crippen MR) is 73.3 cm³/mol. The molecule has 3 rings (SSSR count). The second-order valence-corrected chi connectivity index (χ2v) is 5.78. The van der Waals surface area contributed by atoms with Gasteiger partial charge >= 0.3 is 6.09 Å². The SMILES string of the molecule is Cc1ccc(OC(=O)N2CCC3(CCNC3)C2)cc1. The van der Waals surface area contributed by atoms with Crippen molar-refractivity contribution in [2.75, 3.05) is 26.2 Å². The fraction of sp³-hybridized carbons (Fsp3) is 0.533. The van der Waals surface area contributed by atoms with E-state index in [0.29, 0.717) is 11.2 Å². The van der Waals surface area contributed by atoms with E-state index in [2.05, 4.69) is 5.32 Å². The zero-order valence-electron chi connectivity index (χ0n) is 11.3. The summed E-state index contributed by atoms with van der Waals surface area (Å²) >= 11 is 0. The Kier molecular flexibility index (Phi) is 3.19. The van der Waals surface area contributed by atoms with E-state index in [9.17, 15) is 4.79 Å². The number of hydrogen-bond donors (Lipinski definition) is 1. The van der Waals surface area contributed by atoms with Crippen molar-refractivity contribution in [1.29, 1.82) is 0 Å². The summed E-state index contributed by atoms with van der Waals surface area (Å²) < 4.78 is 5.42. The van der Waals surface area contributed by atoms with Gasteiger partial charge in [0.2, 0.25) is 0 Å². The minimum absolute atomic E-state index is 0.215. The first kappa shape index (κ1) is 12.5. The Morgan fingerprint density at radius 2 is 2.11 bits per heavy atom. The molecule has 2 fully saturated rings. The molecular formula is C15H20N2O2. The monoisotopic (exact) mass is 260 g/mol. The van der Waals surface area contributed by atoms with Gasteiger partial charge in [0.25, 0.3) is 0 Å². The number of amides is 1. The molecule has 2 aliphatic heterocycles. The fourth-order valence-electron chi connectivity index (χ4n) is 3.01. The molecule has 1 atom stereocenters. The van der Waals surface area contributed by atoms with E-state index in [4.69, 9.17) is 4.74 Å². The molecule has 1 N–H and O–H groups in total. The number of benzene rings is 1. The third-order valence-electron chi connectivity index (χ3n) is 4.25. The van der Waals surface area contributed by atoms with E-state index >= 15 is 0 Å². The van der Waals surface area contributed by atoms with Crippen LogP contribution in [0.5, 0.6) is 5.75 Å². The first-order chi connectivity index (χ1) is 9.17. The van der Waals surface area contributed by atoms with Crippen LogP contribution in [-0.2, 0) is 0 Å². The van der Waals surface area contributed by atoms with Gasteiger partial charge < -0.3 is 15.0 Å². The maximum absolute atomic E-state index is 12.1. The van der Waals surface area contributed by atoms with Crippen LogP contribution in [0.2, 0.25) is 0 Å². The van der Waals surface area contributed by atoms with E-state index in [0.717, 1.165) is 38.2 Å². The van der Waals surface area contributed by atoms with Crippen LogP contribution in [0.4, 0.5) is 4.79 Å². The summed E-state index contributed by atoms with van der Waals surface area (Å²) in [6.45, 7) is 5.75. The summed E-state index contributed by atoms with van der Waals surface area (Å²) in [5.41, 5.74) is 1.46. The molecule has 2 heterocycles. The van der Waals surface area contributed by atoms with Crippen LogP contribution in [0.15, 0.2) is 24.3 Å². The lowest BCUT2D eigenvalue weighted by Crippen LogP contribution is -2.35. The number of nitrogens with one attached hydrogen (secondary N) is 1.